The molecular weight excluding hydrogens is 496 g/mol. The molecule has 0 unspecified atom stereocenters. The van der Waals surface area contributed by atoms with Gasteiger partial charge in [-0.15, -0.1) is 11.8 Å². The third-order valence-corrected chi connectivity index (χ3v) is 5.89. The Labute approximate surface area is 202 Å². The average molecular weight is 525 g/mol. The molecule has 0 bridgehead atoms. The number of unbranched alkanes of at least 4 members (excludes halogenated alkanes) is 1. The number of ether oxygens (including phenoxy) is 4. The summed E-state index contributed by atoms with van der Waals surface area (Å²) in [5.74, 6) is 0.916. The molecule has 0 N–H and O–H groups in total. The average Bonchev–Trinajstić information content (AvgIpc) is 2.73. The number of thioether (sulfide) groups is 1. The second kappa shape index (κ2) is 12.2. The topological polar surface area (TPSA) is 71.1 Å². The van der Waals surface area contributed by atoms with Crippen molar-refractivity contribution in [1.29, 1.82) is 0 Å². The van der Waals surface area contributed by atoms with Crippen LogP contribution < -0.4 is 9.47 Å². The van der Waals surface area contributed by atoms with Crippen molar-refractivity contribution in [2.45, 2.75) is 56.8 Å². The number of hydrogen-bond donors (Lipinski definition) is 0. The Kier molecular flexibility index (Phi) is 9.90. The summed E-state index contributed by atoms with van der Waals surface area (Å²) in [6.07, 6.45) is 0.751. The van der Waals surface area contributed by atoms with Crippen LogP contribution in [-0.2, 0) is 15.2 Å². The Bertz CT molecular complexity index is 921. The van der Waals surface area contributed by atoms with Gasteiger partial charge >= 0.3 is 12.1 Å². The fourth-order valence-electron chi connectivity index (χ4n) is 2.57. The molecule has 2 aromatic rings. The molecule has 0 amide bonds. The second-order valence-corrected chi connectivity index (χ2v) is 9.81. The van der Waals surface area contributed by atoms with Crippen LogP contribution in [0.4, 0.5) is 4.79 Å². The summed E-state index contributed by atoms with van der Waals surface area (Å²) < 4.78 is 21.8. The number of hydrogen-bond acceptors (Lipinski definition) is 7. The SMILES string of the molecule is CCCCOC(=O)c1c(SCc2ccc(OC)cc2)ccc(Br)c1OC(=O)OC(C)(C)C. The highest BCUT2D eigenvalue weighted by Crippen LogP contribution is 2.38. The largest absolute Gasteiger partial charge is 0.514 e. The van der Waals surface area contributed by atoms with Crippen LogP contribution in [0.2, 0.25) is 0 Å². The van der Waals surface area contributed by atoms with Crippen molar-refractivity contribution in [2.24, 2.45) is 0 Å². The van der Waals surface area contributed by atoms with Crippen LogP contribution in [0.5, 0.6) is 11.5 Å². The third kappa shape index (κ3) is 8.06. The van der Waals surface area contributed by atoms with Gasteiger partial charge in [0.2, 0.25) is 0 Å². The zero-order chi connectivity index (χ0) is 23.7. The highest BCUT2D eigenvalue weighted by molar-refractivity contribution is 9.10. The molecular formula is C24H29BrO6S. The summed E-state index contributed by atoms with van der Waals surface area (Å²) in [4.78, 5) is 25.9. The molecule has 0 aliphatic heterocycles. The highest BCUT2D eigenvalue weighted by Gasteiger charge is 2.26. The molecule has 174 valence electrons. The Morgan fingerprint density at radius 3 is 2.34 bits per heavy atom. The van der Waals surface area contributed by atoms with Gasteiger partial charge < -0.3 is 18.9 Å². The van der Waals surface area contributed by atoms with Gasteiger partial charge in [-0.25, -0.2) is 9.59 Å². The van der Waals surface area contributed by atoms with E-state index in [9.17, 15) is 9.59 Å². The van der Waals surface area contributed by atoms with Gasteiger partial charge in [-0.2, -0.15) is 0 Å². The Morgan fingerprint density at radius 1 is 1.06 bits per heavy atom. The van der Waals surface area contributed by atoms with E-state index in [1.165, 1.54) is 11.8 Å². The number of carbonyl (C=O) groups is 2. The lowest BCUT2D eigenvalue weighted by atomic mass is 10.2. The molecule has 0 spiro atoms. The quantitative estimate of drug-likeness (QED) is 0.151. The van der Waals surface area contributed by atoms with E-state index in [0.717, 1.165) is 24.2 Å². The Balaban J connectivity index is 2.33. The fourth-order valence-corrected chi connectivity index (χ4v) is 3.98. The van der Waals surface area contributed by atoms with Gasteiger partial charge in [0.25, 0.3) is 0 Å². The molecule has 0 fully saturated rings. The van der Waals surface area contributed by atoms with E-state index in [1.54, 1.807) is 40.0 Å². The highest BCUT2D eigenvalue weighted by atomic mass is 79.9. The van der Waals surface area contributed by atoms with E-state index in [0.29, 0.717) is 15.1 Å². The van der Waals surface area contributed by atoms with E-state index in [1.807, 2.05) is 31.2 Å². The normalized spacial score (nSPS) is 11.1. The fraction of sp³-hybridized carbons (Fsp3) is 0.417. The summed E-state index contributed by atoms with van der Waals surface area (Å²) in [5, 5.41) is 0. The second-order valence-electron chi connectivity index (χ2n) is 7.94. The first-order valence-electron chi connectivity index (χ1n) is 10.3. The molecule has 0 aromatic heterocycles. The molecule has 6 nitrogen and oxygen atoms in total. The maximum atomic E-state index is 13.0. The summed E-state index contributed by atoms with van der Waals surface area (Å²) in [7, 11) is 1.62. The van der Waals surface area contributed by atoms with Gasteiger partial charge in [0, 0.05) is 10.6 Å². The molecule has 0 atom stereocenters. The van der Waals surface area contributed by atoms with Crippen LogP contribution in [0.25, 0.3) is 0 Å². The van der Waals surface area contributed by atoms with Crippen LogP contribution in [0.3, 0.4) is 0 Å². The minimum atomic E-state index is -0.891. The summed E-state index contributed by atoms with van der Waals surface area (Å²) in [6, 6.07) is 11.2. The zero-order valence-electron chi connectivity index (χ0n) is 19.0. The Hall–Kier alpha value is -2.19. The standard InChI is InChI=1S/C24H29BrO6S/c1-6-7-14-29-22(26)20-19(32-15-16-8-10-17(28-5)11-9-16)13-12-18(25)21(20)30-23(27)31-24(2,3)4/h8-13H,6-7,14-15H2,1-5H3. The van der Waals surface area contributed by atoms with Gasteiger partial charge in [-0.1, -0.05) is 25.5 Å². The van der Waals surface area contributed by atoms with Gasteiger partial charge in [-0.3, -0.25) is 0 Å². The maximum Gasteiger partial charge on any atom is 0.514 e. The van der Waals surface area contributed by atoms with Crippen LogP contribution >= 0.6 is 27.7 Å². The van der Waals surface area contributed by atoms with Crippen molar-refractivity contribution in [3.63, 3.8) is 0 Å². The van der Waals surface area contributed by atoms with Crippen LogP contribution in [0.15, 0.2) is 45.8 Å². The first-order chi connectivity index (χ1) is 15.1. The van der Waals surface area contributed by atoms with Crippen molar-refractivity contribution in [3.8, 4) is 11.5 Å². The van der Waals surface area contributed by atoms with Crippen molar-refractivity contribution in [1.82, 2.24) is 0 Å². The molecule has 0 aliphatic rings. The summed E-state index contributed by atoms with van der Waals surface area (Å²) in [6.45, 7) is 7.52. The molecule has 2 rings (SSSR count). The predicted molar refractivity (Wildman–Crippen MR) is 129 cm³/mol. The predicted octanol–water partition coefficient (Wildman–Crippen LogP) is 7.02. The van der Waals surface area contributed by atoms with Crippen LogP contribution in [0, 0.1) is 0 Å². The molecule has 32 heavy (non-hydrogen) atoms. The lowest BCUT2D eigenvalue weighted by Crippen LogP contribution is -2.26. The third-order valence-electron chi connectivity index (χ3n) is 4.13. The minimum absolute atomic E-state index is 0.0838. The van der Waals surface area contributed by atoms with Gasteiger partial charge in [0.05, 0.1) is 18.2 Å². The van der Waals surface area contributed by atoms with Crippen molar-refractivity contribution in [2.75, 3.05) is 13.7 Å². The van der Waals surface area contributed by atoms with E-state index in [-0.39, 0.29) is 17.9 Å². The number of esters is 1. The zero-order valence-corrected chi connectivity index (χ0v) is 21.4. The monoisotopic (exact) mass is 524 g/mol. The molecule has 0 saturated carbocycles. The number of halogens is 1. The molecule has 0 heterocycles. The molecule has 0 aliphatic carbocycles. The van der Waals surface area contributed by atoms with E-state index < -0.39 is 17.7 Å². The molecule has 0 saturated heterocycles. The number of carbonyl (C=O) groups excluding carboxylic acids is 2. The molecule has 2 aromatic carbocycles. The van der Waals surface area contributed by atoms with Crippen LogP contribution in [0.1, 0.15) is 56.5 Å². The summed E-state index contributed by atoms with van der Waals surface area (Å²) in [5.41, 5.74) is 0.519. The lowest BCUT2D eigenvalue weighted by molar-refractivity contribution is 0.0200. The Morgan fingerprint density at radius 2 is 1.75 bits per heavy atom. The van der Waals surface area contributed by atoms with Crippen molar-refractivity contribution < 1.29 is 28.5 Å². The van der Waals surface area contributed by atoms with E-state index in [2.05, 4.69) is 15.9 Å². The van der Waals surface area contributed by atoms with Crippen molar-refractivity contribution >= 4 is 39.8 Å². The summed E-state index contributed by atoms with van der Waals surface area (Å²) >= 11 is 4.84. The lowest BCUT2D eigenvalue weighted by Gasteiger charge is -2.20. The smallest absolute Gasteiger partial charge is 0.497 e. The number of benzene rings is 2. The van der Waals surface area contributed by atoms with Crippen molar-refractivity contribution in [3.05, 3.63) is 52.0 Å². The van der Waals surface area contributed by atoms with Gasteiger partial charge in [0.15, 0.2) is 5.75 Å². The number of methoxy groups -OCH3 is 1. The molecule has 8 heteroatoms. The molecule has 0 radical (unpaired) electrons. The first kappa shape index (κ1) is 26.1. The minimum Gasteiger partial charge on any atom is -0.497 e. The van der Waals surface area contributed by atoms with Gasteiger partial charge in [-0.05, 0) is 73.0 Å². The maximum absolute atomic E-state index is 13.0. The first-order valence-corrected chi connectivity index (χ1v) is 12.1. The van der Waals surface area contributed by atoms with E-state index in [4.69, 9.17) is 18.9 Å². The van der Waals surface area contributed by atoms with E-state index >= 15 is 0 Å². The van der Waals surface area contributed by atoms with Crippen LogP contribution in [-0.4, -0.2) is 31.4 Å². The number of rotatable bonds is 9. The van der Waals surface area contributed by atoms with Gasteiger partial charge in [0.1, 0.15) is 16.9 Å².